The summed E-state index contributed by atoms with van der Waals surface area (Å²) in [6, 6.07) is 6.25. The molecular formula is C15H16ClIN2. The Morgan fingerprint density at radius 2 is 1.79 bits per heavy atom. The second-order valence-corrected chi connectivity index (χ2v) is 6.43. The molecule has 0 unspecified atom stereocenters. The monoisotopic (exact) mass is 386 g/mol. The standard InChI is InChI=1S/C15H16ClIN2/c1-8(2)13-12(17)14(16)19-15(18-13)11-6-5-9(3)10(4)7-11/h5-8H,1-4H3. The SMILES string of the molecule is Cc1ccc(-c2nc(Cl)c(I)c(C(C)C)n2)cc1C. The highest BCUT2D eigenvalue weighted by Crippen LogP contribution is 2.28. The van der Waals surface area contributed by atoms with E-state index < -0.39 is 0 Å². The zero-order valence-corrected chi connectivity index (χ0v) is 14.4. The third-order valence-corrected chi connectivity index (χ3v) is 4.80. The second-order valence-electron chi connectivity index (χ2n) is 4.99. The second kappa shape index (κ2) is 5.75. The van der Waals surface area contributed by atoms with Crippen LogP contribution >= 0.6 is 34.2 Å². The molecule has 0 aliphatic carbocycles. The van der Waals surface area contributed by atoms with E-state index in [0.717, 1.165) is 14.8 Å². The van der Waals surface area contributed by atoms with Gasteiger partial charge < -0.3 is 0 Å². The Kier molecular flexibility index (Phi) is 4.46. The fourth-order valence-corrected chi connectivity index (χ4v) is 2.87. The van der Waals surface area contributed by atoms with Crippen LogP contribution in [0.2, 0.25) is 5.15 Å². The van der Waals surface area contributed by atoms with Crippen LogP contribution in [-0.4, -0.2) is 9.97 Å². The van der Waals surface area contributed by atoms with Gasteiger partial charge in [-0.1, -0.05) is 37.6 Å². The van der Waals surface area contributed by atoms with Crippen LogP contribution in [0.3, 0.4) is 0 Å². The lowest BCUT2D eigenvalue weighted by Gasteiger charge is -2.11. The van der Waals surface area contributed by atoms with E-state index in [1.54, 1.807) is 0 Å². The van der Waals surface area contributed by atoms with Gasteiger partial charge in [-0.15, -0.1) is 0 Å². The van der Waals surface area contributed by atoms with Crippen LogP contribution in [0.1, 0.15) is 36.6 Å². The molecule has 0 saturated carbocycles. The van der Waals surface area contributed by atoms with Gasteiger partial charge in [0.2, 0.25) is 0 Å². The predicted octanol–water partition coefficient (Wildman–Crippen LogP) is 5.14. The van der Waals surface area contributed by atoms with E-state index in [2.05, 4.69) is 72.4 Å². The van der Waals surface area contributed by atoms with Crippen molar-refractivity contribution >= 4 is 34.2 Å². The first-order chi connectivity index (χ1) is 8.90. The molecule has 0 atom stereocenters. The van der Waals surface area contributed by atoms with E-state index in [0.29, 0.717) is 16.9 Å². The first-order valence-electron chi connectivity index (χ1n) is 6.20. The minimum atomic E-state index is 0.331. The number of hydrogen-bond acceptors (Lipinski definition) is 2. The molecule has 0 bridgehead atoms. The first-order valence-corrected chi connectivity index (χ1v) is 7.66. The summed E-state index contributed by atoms with van der Waals surface area (Å²) < 4.78 is 0.946. The van der Waals surface area contributed by atoms with Crippen LogP contribution in [-0.2, 0) is 0 Å². The Balaban J connectivity index is 2.59. The first kappa shape index (κ1) is 14.7. The lowest BCUT2D eigenvalue weighted by atomic mass is 10.1. The van der Waals surface area contributed by atoms with Crippen molar-refractivity contribution in [3.63, 3.8) is 0 Å². The molecule has 19 heavy (non-hydrogen) atoms. The molecule has 1 aromatic heterocycles. The smallest absolute Gasteiger partial charge is 0.161 e. The number of aryl methyl sites for hydroxylation is 2. The van der Waals surface area contributed by atoms with Crippen molar-refractivity contribution in [1.82, 2.24) is 9.97 Å². The Morgan fingerprint density at radius 1 is 1.11 bits per heavy atom. The van der Waals surface area contributed by atoms with Gasteiger partial charge >= 0.3 is 0 Å². The summed E-state index contributed by atoms with van der Waals surface area (Å²) in [6.45, 7) is 8.42. The van der Waals surface area contributed by atoms with Gasteiger partial charge in [-0.3, -0.25) is 0 Å². The molecule has 0 amide bonds. The molecule has 2 aromatic rings. The molecule has 100 valence electrons. The Morgan fingerprint density at radius 3 is 2.37 bits per heavy atom. The van der Waals surface area contributed by atoms with Crippen LogP contribution in [0.25, 0.3) is 11.4 Å². The molecule has 2 rings (SSSR count). The largest absolute Gasteiger partial charge is 0.232 e. The van der Waals surface area contributed by atoms with Crippen molar-refractivity contribution in [1.29, 1.82) is 0 Å². The molecule has 0 fully saturated rings. The Bertz CT molecular complexity index is 624. The van der Waals surface area contributed by atoms with E-state index in [9.17, 15) is 0 Å². The van der Waals surface area contributed by atoms with Crippen molar-refractivity contribution in [2.24, 2.45) is 0 Å². The minimum absolute atomic E-state index is 0.331. The van der Waals surface area contributed by atoms with Crippen molar-refractivity contribution in [3.05, 3.63) is 43.7 Å². The summed E-state index contributed by atoms with van der Waals surface area (Å²) in [5.41, 5.74) is 4.53. The summed E-state index contributed by atoms with van der Waals surface area (Å²) in [5, 5.41) is 0.535. The number of rotatable bonds is 2. The maximum Gasteiger partial charge on any atom is 0.161 e. The van der Waals surface area contributed by atoms with Gasteiger partial charge in [0.1, 0.15) is 5.15 Å². The highest BCUT2D eigenvalue weighted by atomic mass is 127. The molecular weight excluding hydrogens is 371 g/mol. The zero-order chi connectivity index (χ0) is 14.2. The quantitative estimate of drug-likeness (QED) is 0.527. The van der Waals surface area contributed by atoms with E-state index in [1.807, 2.05) is 6.07 Å². The van der Waals surface area contributed by atoms with Crippen molar-refractivity contribution in [3.8, 4) is 11.4 Å². The predicted molar refractivity (Wildman–Crippen MR) is 88.8 cm³/mol. The lowest BCUT2D eigenvalue weighted by Crippen LogP contribution is -2.02. The molecule has 1 aromatic carbocycles. The van der Waals surface area contributed by atoms with Gasteiger partial charge in [0, 0.05) is 5.56 Å². The summed E-state index contributed by atoms with van der Waals surface area (Å²) in [7, 11) is 0. The average molecular weight is 387 g/mol. The van der Waals surface area contributed by atoms with Crippen LogP contribution in [0.4, 0.5) is 0 Å². The van der Waals surface area contributed by atoms with Gasteiger partial charge in [0.05, 0.1) is 9.26 Å². The van der Waals surface area contributed by atoms with E-state index in [-0.39, 0.29) is 0 Å². The molecule has 0 saturated heterocycles. The topological polar surface area (TPSA) is 25.8 Å². The molecule has 0 spiro atoms. The van der Waals surface area contributed by atoms with Gasteiger partial charge in [0.25, 0.3) is 0 Å². The van der Waals surface area contributed by atoms with Gasteiger partial charge in [0.15, 0.2) is 5.82 Å². The number of nitrogens with zero attached hydrogens (tertiary/aromatic N) is 2. The van der Waals surface area contributed by atoms with E-state index in [1.165, 1.54) is 11.1 Å². The minimum Gasteiger partial charge on any atom is -0.232 e. The molecule has 4 heteroatoms. The van der Waals surface area contributed by atoms with Crippen molar-refractivity contribution in [2.75, 3.05) is 0 Å². The average Bonchev–Trinajstić information content (AvgIpc) is 2.35. The maximum atomic E-state index is 6.23. The van der Waals surface area contributed by atoms with E-state index >= 15 is 0 Å². The highest BCUT2D eigenvalue weighted by molar-refractivity contribution is 14.1. The Labute approximate surface area is 132 Å². The third-order valence-electron chi connectivity index (χ3n) is 3.15. The molecule has 0 radical (unpaired) electrons. The fraction of sp³-hybridized carbons (Fsp3) is 0.333. The van der Waals surface area contributed by atoms with Crippen LogP contribution in [0.5, 0.6) is 0 Å². The van der Waals surface area contributed by atoms with Crippen LogP contribution < -0.4 is 0 Å². The lowest BCUT2D eigenvalue weighted by molar-refractivity contribution is 0.808. The molecule has 0 aliphatic heterocycles. The number of hydrogen-bond donors (Lipinski definition) is 0. The molecule has 1 heterocycles. The number of benzene rings is 1. The van der Waals surface area contributed by atoms with Crippen LogP contribution in [0.15, 0.2) is 18.2 Å². The van der Waals surface area contributed by atoms with Gasteiger partial charge in [-0.05, 0) is 59.5 Å². The summed E-state index contributed by atoms with van der Waals surface area (Å²) >= 11 is 8.44. The summed E-state index contributed by atoms with van der Waals surface area (Å²) in [6.07, 6.45) is 0. The maximum absolute atomic E-state index is 6.23. The van der Waals surface area contributed by atoms with E-state index in [4.69, 9.17) is 11.6 Å². The normalized spacial score (nSPS) is 11.1. The highest BCUT2D eigenvalue weighted by Gasteiger charge is 2.14. The van der Waals surface area contributed by atoms with Crippen LogP contribution in [0, 0.1) is 17.4 Å². The summed E-state index contributed by atoms with van der Waals surface area (Å²) in [4.78, 5) is 9.07. The number of aromatic nitrogens is 2. The van der Waals surface area contributed by atoms with Gasteiger partial charge in [-0.25, -0.2) is 9.97 Å². The third kappa shape index (κ3) is 3.08. The van der Waals surface area contributed by atoms with Crippen molar-refractivity contribution in [2.45, 2.75) is 33.6 Å². The fourth-order valence-electron chi connectivity index (χ4n) is 1.83. The molecule has 2 nitrogen and oxygen atoms in total. The van der Waals surface area contributed by atoms with Gasteiger partial charge in [-0.2, -0.15) is 0 Å². The molecule has 0 aliphatic rings. The Hall–Kier alpha value is -0.680. The molecule has 0 N–H and O–H groups in total. The summed E-state index contributed by atoms with van der Waals surface area (Å²) in [5.74, 6) is 1.04. The van der Waals surface area contributed by atoms with Crippen molar-refractivity contribution < 1.29 is 0 Å². The number of halogens is 2. The zero-order valence-electron chi connectivity index (χ0n) is 11.5.